The highest BCUT2D eigenvalue weighted by Crippen LogP contribution is 2.38. The van der Waals surface area contributed by atoms with Gasteiger partial charge in [0.05, 0.1) is 16.3 Å². The standard InChI is InChI=1S/C24H27ClN2O3S/c1-15-21(20(28)14-24(2,3)4)23(17-8-12-19(13-9-17)31(26,29)30)27(5)22(15)16-6-10-18(25)11-7-16/h6-13H,14H2,1-5H3,(H2,26,29,30). The first kappa shape index (κ1) is 23.3. The van der Waals surface area contributed by atoms with Crippen LogP contribution in [0.25, 0.3) is 22.5 Å². The van der Waals surface area contributed by atoms with Gasteiger partial charge in [-0.3, -0.25) is 4.79 Å². The smallest absolute Gasteiger partial charge is 0.238 e. The van der Waals surface area contributed by atoms with E-state index >= 15 is 0 Å². The van der Waals surface area contributed by atoms with Crippen LogP contribution < -0.4 is 5.14 Å². The molecule has 0 amide bonds. The number of rotatable bonds is 5. The van der Waals surface area contributed by atoms with E-state index in [2.05, 4.69) is 0 Å². The van der Waals surface area contributed by atoms with Crippen molar-refractivity contribution in [3.8, 4) is 22.5 Å². The Labute approximate surface area is 188 Å². The Morgan fingerprint density at radius 3 is 1.94 bits per heavy atom. The van der Waals surface area contributed by atoms with E-state index < -0.39 is 10.0 Å². The number of benzene rings is 2. The van der Waals surface area contributed by atoms with Gasteiger partial charge >= 0.3 is 0 Å². The number of sulfonamides is 1. The van der Waals surface area contributed by atoms with Crippen LogP contribution in [0, 0.1) is 12.3 Å². The van der Waals surface area contributed by atoms with E-state index in [1.165, 1.54) is 12.1 Å². The fraction of sp³-hybridized carbons (Fsp3) is 0.292. The minimum Gasteiger partial charge on any atom is -0.343 e. The van der Waals surface area contributed by atoms with Crippen LogP contribution in [0.2, 0.25) is 5.02 Å². The van der Waals surface area contributed by atoms with E-state index in [1.54, 1.807) is 12.1 Å². The first-order chi connectivity index (χ1) is 14.3. The minimum absolute atomic E-state index is 0.0303. The van der Waals surface area contributed by atoms with E-state index in [4.69, 9.17) is 16.7 Å². The van der Waals surface area contributed by atoms with Crippen LogP contribution >= 0.6 is 11.6 Å². The Morgan fingerprint density at radius 1 is 0.968 bits per heavy atom. The molecule has 0 aliphatic rings. The second-order valence-electron chi connectivity index (χ2n) is 8.99. The van der Waals surface area contributed by atoms with Crippen LogP contribution in [0.15, 0.2) is 53.4 Å². The topological polar surface area (TPSA) is 82.2 Å². The lowest BCUT2D eigenvalue weighted by atomic mass is 9.86. The Kier molecular flexibility index (Phi) is 6.20. The fourth-order valence-corrected chi connectivity index (χ4v) is 4.54. The molecular formula is C24H27ClN2O3S. The van der Waals surface area contributed by atoms with Crippen molar-refractivity contribution in [2.75, 3.05) is 0 Å². The van der Waals surface area contributed by atoms with Crippen molar-refractivity contribution in [1.82, 2.24) is 4.57 Å². The summed E-state index contributed by atoms with van der Waals surface area (Å²) in [5, 5.41) is 5.88. The predicted molar refractivity (Wildman–Crippen MR) is 126 cm³/mol. The molecule has 1 aromatic heterocycles. The third-order valence-corrected chi connectivity index (χ3v) is 6.36. The molecular weight excluding hydrogens is 432 g/mol. The van der Waals surface area contributed by atoms with Crippen LogP contribution in [0.5, 0.6) is 0 Å². The molecule has 0 aliphatic carbocycles. The highest BCUT2D eigenvalue weighted by Gasteiger charge is 2.28. The van der Waals surface area contributed by atoms with Crippen molar-refractivity contribution < 1.29 is 13.2 Å². The van der Waals surface area contributed by atoms with Gasteiger partial charge in [-0.25, -0.2) is 13.6 Å². The van der Waals surface area contributed by atoms with E-state index in [0.717, 1.165) is 28.1 Å². The van der Waals surface area contributed by atoms with Crippen molar-refractivity contribution >= 4 is 27.4 Å². The van der Waals surface area contributed by atoms with E-state index in [-0.39, 0.29) is 16.1 Å². The number of hydrogen-bond acceptors (Lipinski definition) is 3. The molecule has 0 saturated carbocycles. The Balaban J connectivity index is 2.26. The molecule has 2 aromatic carbocycles. The van der Waals surface area contributed by atoms with E-state index in [0.29, 0.717) is 17.0 Å². The SMILES string of the molecule is Cc1c(C(=O)CC(C)(C)C)c(-c2ccc(S(N)(=O)=O)cc2)n(C)c1-c1ccc(Cl)cc1. The second-order valence-corrected chi connectivity index (χ2v) is 11.0. The third-order valence-electron chi connectivity index (χ3n) is 5.18. The van der Waals surface area contributed by atoms with Gasteiger partial charge in [0, 0.05) is 24.1 Å². The maximum atomic E-state index is 13.4. The first-order valence-electron chi connectivity index (χ1n) is 9.91. The van der Waals surface area contributed by atoms with Crippen molar-refractivity contribution in [1.29, 1.82) is 0 Å². The van der Waals surface area contributed by atoms with Crippen LogP contribution in [0.3, 0.4) is 0 Å². The molecule has 31 heavy (non-hydrogen) atoms. The lowest BCUT2D eigenvalue weighted by Crippen LogP contribution is -2.14. The molecule has 164 valence electrons. The molecule has 2 N–H and O–H groups in total. The summed E-state index contributed by atoms with van der Waals surface area (Å²) in [5.74, 6) is 0.0475. The molecule has 0 bridgehead atoms. The summed E-state index contributed by atoms with van der Waals surface area (Å²) in [7, 11) is -1.89. The van der Waals surface area contributed by atoms with Gasteiger partial charge in [0.1, 0.15) is 0 Å². The van der Waals surface area contributed by atoms with Crippen molar-refractivity contribution in [3.63, 3.8) is 0 Å². The van der Waals surface area contributed by atoms with E-state index in [9.17, 15) is 13.2 Å². The zero-order valence-electron chi connectivity index (χ0n) is 18.4. The number of aromatic nitrogens is 1. The zero-order valence-corrected chi connectivity index (χ0v) is 19.9. The molecule has 1 heterocycles. The number of ketones is 1. The molecule has 0 unspecified atom stereocenters. The largest absolute Gasteiger partial charge is 0.343 e. The highest BCUT2D eigenvalue weighted by molar-refractivity contribution is 7.89. The fourth-order valence-electron chi connectivity index (χ4n) is 3.90. The molecule has 7 heteroatoms. The van der Waals surface area contributed by atoms with Gasteiger partial charge in [0.25, 0.3) is 0 Å². The van der Waals surface area contributed by atoms with Gasteiger partial charge in [-0.15, -0.1) is 0 Å². The number of halogens is 1. The Bertz CT molecular complexity index is 1230. The first-order valence-corrected chi connectivity index (χ1v) is 11.8. The quantitative estimate of drug-likeness (QED) is 0.506. The van der Waals surface area contributed by atoms with E-state index in [1.807, 2.05) is 63.6 Å². The van der Waals surface area contributed by atoms with Gasteiger partial charge in [-0.1, -0.05) is 56.6 Å². The molecule has 3 aromatic rings. The molecule has 0 spiro atoms. The Morgan fingerprint density at radius 2 is 1.45 bits per heavy atom. The monoisotopic (exact) mass is 458 g/mol. The normalized spacial score (nSPS) is 12.2. The summed E-state index contributed by atoms with van der Waals surface area (Å²) in [4.78, 5) is 13.4. The summed E-state index contributed by atoms with van der Waals surface area (Å²) >= 11 is 6.07. The van der Waals surface area contributed by atoms with Crippen molar-refractivity contribution in [2.24, 2.45) is 17.6 Å². The number of nitrogens with two attached hydrogens (primary N) is 1. The van der Waals surface area contributed by atoms with Crippen molar-refractivity contribution in [3.05, 3.63) is 64.7 Å². The zero-order chi connectivity index (χ0) is 23.1. The minimum atomic E-state index is -3.80. The summed E-state index contributed by atoms with van der Waals surface area (Å²) in [6.45, 7) is 8.04. The van der Waals surface area contributed by atoms with Gasteiger partial charge in [-0.2, -0.15) is 0 Å². The average molecular weight is 459 g/mol. The Hall–Kier alpha value is -2.41. The lowest BCUT2D eigenvalue weighted by Gasteiger charge is -2.18. The average Bonchev–Trinajstić information content (AvgIpc) is 2.91. The number of carbonyl (C=O) groups excluding carboxylic acids is 1. The summed E-state index contributed by atoms with van der Waals surface area (Å²) < 4.78 is 25.3. The molecule has 0 aliphatic heterocycles. The maximum absolute atomic E-state index is 13.4. The van der Waals surface area contributed by atoms with Crippen LogP contribution in [0.1, 0.15) is 43.1 Å². The molecule has 3 rings (SSSR count). The molecule has 0 saturated heterocycles. The lowest BCUT2D eigenvalue weighted by molar-refractivity contribution is 0.0940. The number of nitrogens with zero attached hydrogens (tertiary/aromatic N) is 1. The molecule has 0 radical (unpaired) electrons. The molecule has 5 nitrogen and oxygen atoms in total. The van der Waals surface area contributed by atoms with Gasteiger partial charge < -0.3 is 4.57 Å². The third kappa shape index (κ3) is 4.92. The predicted octanol–water partition coefficient (Wildman–Crippen LogP) is 5.59. The summed E-state index contributed by atoms with van der Waals surface area (Å²) in [6.07, 6.45) is 0.389. The molecule has 0 atom stereocenters. The van der Waals surface area contributed by atoms with Crippen LogP contribution in [-0.4, -0.2) is 18.8 Å². The van der Waals surface area contributed by atoms with Gasteiger partial charge in [0.2, 0.25) is 10.0 Å². The maximum Gasteiger partial charge on any atom is 0.238 e. The van der Waals surface area contributed by atoms with Gasteiger partial charge in [-0.05, 0) is 53.3 Å². The number of hydrogen-bond donors (Lipinski definition) is 1. The number of Topliss-reactive ketones (excluding diaryl/α,β-unsaturated/α-hetero) is 1. The van der Waals surface area contributed by atoms with Crippen LogP contribution in [-0.2, 0) is 17.1 Å². The number of carbonyl (C=O) groups is 1. The highest BCUT2D eigenvalue weighted by atomic mass is 35.5. The molecule has 0 fully saturated rings. The number of primary sulfonamides is 1. The summed E-state index contributed by atoms with van der Waals surface area (Å²) in [5.41, 5.74) is 4.71. The van der Waals surface area contributed by atoms with Crippen LogP contribution in [0.4, 0.5) is 0 Å². The summed E-state index contributed by atoms with van der Waals surface area (Å²) in [6, 6.07) is 13.8. The second kappa shape index (κ2) is 8.26. The van der Waals surface area contributed by atoms with Crippen molar-refractivity contribution in [2.45, 2.75) is 39.0 Å². The van der Waals surface area contributed by atoms with Gasteiger partial charge in [0.15, 0.2) is 5.78 Å².